The molecule has 3 heteroatoms. The van der Waals surface area contributed by atoms with Crippen molar-refractivity contribution in [2.45, 2.75) is 5.75 Å². The number of nitrogens with two attached hydrogens (primary N) is 1. The van der Waals surface area contributed by atoms with Crippen LogP contribution in [0.5, 0.6) is 0 Å². The minimum absolute atomic E-state index is 0.593. The molecule has 0 aliphatic heterocycles. The van der Waals surface area contributed by atoms with Crippen LogP contribution in [-0.2, 0) is 5.75 Å². The van der Waals surface area contributed by atoms with E-state index >= 15 is 0 Å². The van der Waals surface area contributed by atoms with Crippen molar-refractivity contribution in [3.05, 3.63) is 35.9 Å². The molecule has 1 atom stereocenters. The monoisotopic (exact) mass is 157 g/mol. The minimum atomic E-state index is -1.28. The van der Waals surface area contributed by atoms with Gasteiger partial charge in [0.15, 0.2) is 0 Å². The molecule has 56 valence electrons. The molecule has 1 rings (SSSR count). The van der Waals surface area contributed by atoms with E-state index in [4.69, 9.17) is 9.69 Å². The van der Waals surface area contributed by atoms with Crippen molar-refractivity contribution in [1.82, 2.24) is 0 Å². The Morgan fingerprint density at radius 1 is 1.30 bits per heavy atom. The predicted molar refractivity (Wildman–Crippen MR) is 45.9 cm³/mol. The second-order valence-corrected chi connectivity index (χ2v) is 3.28. The van der Waals surface area contributed by atoms with Gasteiger partial charge in [-0.1, -0.05) is 41.7 Å². The lowest BCUT2D eigenvalue weighted by Gasteiger charge is -2.06. The van der Waals surface area contributed by atoms with Crippen molar-refractivity contribution in [2.24, 2.45) is 5.14 Å². The Balaban J connectivity index is 2.59. The van der Waals surface area contributed by atoms with Gasteiger partial charge in [0.25, 0.3) is 0 Å². The number of hydrogen-bond donors (Lipinski definition) is 3. The van der Waals surface area contributed by atoms with Gasteiger partial charge in [-0.15, -0.1) is 0 Å². The highest BCUT2D eigenvalue weighted by atomic mass is 32.2. The minimum Gasteiger partial charge on any atom is -0.341 e. The average molecular weight is 157 g/mol. The van der Waals surface area contributed by atoms with Gasteiger partial charge in [-0.25, -0.2) is 0 Å². The first kappa shape index (κ1) is 7.60. The average Bonchev–Trinajstić information content (AvgIpc) is 1.88. The third kappa shape index (κ3) is 2.39. The van der Waals surface area contributed by atoms with Crippen molar-refractivity contribution in [2.75, 3.05) is 0 Å². The molecule has 0 saturated carbocycles. The van der Waals surface area contributed by atoms with Crippen LogP contribution in [0.3, 0.4) is 0 Å². The Morgan fingerprint density at radius 2 is 1.90 bits per heavy atom. The maximum Gasteiger partial charge on any atom is 0.0335 e. The topological polar surface area (TPSA) is 46.2 Å². The fourth-order valence-corrected chi connectivity index (χ4v) is 1.36. The molecule has 1 aromatic rings. The largest absolute Gasteiger partial charge is 0.341 e. The molecule has 0 saturated heterocycles. The third-order valence-corrected chi connectivity index (χ3v) is 1.88. The van der Waals surface area contributed by atoms with Crippen molar-refractivity contribution >= 4 is 11.4 Å². The number of benzene rings is 1. The summed E-state index contributed by atoms with van der Waals surface area (Å²) in [6.07, 6.45) is 0. The quantitative estimate of drug-likeness (QED) is 0.570. The second-order valence-electron chi connectivity index (χ2n) is 2.08. The van der Waals surface area contributed by atoms with Crippen LogP contribution < -0.4 is 5.14 Å². The normalized spacial score (nSPS) is 14.8. The Kier molecular flexibility index (Phi) is 2.74. The third-order valence-electron chi connectivity index (χ3n) is 1.19. The van der Waals surface area contributed by atoms with Gasteiger partial charge < -0.3 is 4.55 Å². The fourth-order valence-electron chi connectivity index (χ4n) is 0.770. The molecule has 10 heavy (non-hydrogen) atoms. The first-order valence-electron chi connectivity index (χ1n) is 3.04. The maximum absolute atomic E-state index is 8.85. The molecule has 0 amide bonds. The molecule has 1 unspecified atom stereocenters. The summed E-state index contributed by atoms with van der Waals surface area (Å²) in [7, 11) is 0. The molecule has 0 aromatic heterocycles. The van der Waals surface area contributed by atoms with Gasteiger partial charge in [0.2, 0.25) is 0 Å². The molecule has 0 aliphatic rings. The van der Waals surface area contributed by atoms with Crippen LogP contribution in [0.25, 0.3) is 0 Å². The highest BCUT2D eigenvalue weighted by molar-refractivity contribution is 8.09. The van der Waals surface area contributed by atoms with Crippen LogP contribution in [0.2, 0.25) is 0 Å². The van der Waals surface area contributed by atoms with Crippen LogP contribution >= 0.6 is 11.4 Å². The first-order chi connectivity index (χ1) is 4.79. The second kappa shape index (κ2) is 3.61. The van der Waals surface area contributed by atoms with Crippen molar-refractivity contribution in [3.8, 4) is 0 Å². The van der Waals surface area contributed by atoms with E-state index in [0.717, 1.165) is 5.56 Å². The Morgan fingerprint density at radius 3 is 2.40 bits per heavy atom. The van der Waals surface area contributed by atoms with Gasteiger partial charge in [-0.05, 0) is 5.56 Å². The zero-order valence-electron chi connectivity index (χ0n) is 5.57. The van der Waals surface area contributed by atoms with E-state index in [1.807, 2.05) is 30.3 Å². The van der Waals surface area contributed by atoms with E-state index in [2.05, 4.69) is 0 Å². The van der Waals surface area contributed by atoms with Crippen LogP contribution in [0.1, 0.15) is 5.56 Å². The van der Waals surface area contributed by atoms with Crippen molar-refractivity contribution < 1.29 is 4.55 Å². The summed E-state index contributed by atoms with van der Waals surface area (Å²) in [5.74, 6) is 0.593. The summed E-state index contributed by atoms with van der Waals surface area (Å²) in [6, 6.07) is 9.73. The molecule has 0 bridgehead atoms. The summed E-state index contributed by atoms with van der Waals surface area (Å²) in [4.78, 5) is 0. The van der Waals surface area contributed by atoms with E-state index in [0.29, 0.717) is 5.75 Å². The van der Waals surface area contributed by atoms with E-state index in [9.17, 15) is 0 Å². The number of thiol groups is 1. The predicted octanol–water partition coefficient (Wildman–Crippen LogP) is 1.53. The lowest BCUT2D eigenvalue weighted by molar-refractivity contribution is 0.646. The van der Waals surface area contributed by atoms with Gasteiger partial charge >= 0.3 is 0 Å². The molecule has 0 aliphatic carbocycles. The molecule has 1 aromatic carbocycles. The summed E-state index contributed by atoms with van der Waals surface area (Å²) in [6.45, 7) is 0. The zero-order valence-corrected chi connectivity index (χ0v) is 6.46. The van der Waals surface area contributed by atoms with Crippen molar-refractivity contribution in [1.29, 1.82) is 0 Å². The standard InChI is InChI=1S/C7H11NOS/c8-10(9)6-7-4-2-1-3-5-7/h1-5,9-10H,6,8H2. The lowest BCUT2D eigenvalue weighted by Crippen LogP contribution is -1.94. The molecule has 2 nitrogen and oxygen atoms in total. The molecule has 0 fully saturated rings. The van der Waals surface area contributed by atoms with Crippen LogP contribution in [0.4, 0.5) is 0 Å². The Labute approximate surface area is 63.4 Å². The zero-order chi connectivity index (χ0) is 7.40. The van der Waals surface area contributed by atoms with E-state index < -0.39 is 11.4 Å². The summed E-state index contributed by atoms with van der Waals surface area (Å²) < 4.78 is 8.85. The smallest absolute Gasteiger partial charge is 0.0335 e. The van der Waals surface area contributed by atoms with Crippen LogP contribution in [0, 0.1) is 0 Å². The number of hydrogen-bond acceptors (Lipinski definition) is 2. The SMILES string of the molecule is N[SH](O)Cc1ccccc1. The molecule has 0 radical (unpaired) electrons. The molecule has 0 heterocycles. The Bertz CT molecular complexity index is 188. The highest BCUT2D eigenvalue weighted by Gasteiger charge is 1.92. The molecular formula is C7H11NOS. The lowest BCUT2D eigenvalue weighted by atomic mass is 10.2. The molecule has 3 N–H and O–H groups in total. The van der Waals surface area contributed by atoms with Gasteiger partial charge in [0.05, 0.1) is 0 Å². The summed E-state index contributed by atoms with van der Waals surface area (Å²) >= 11 is -1.28. The van der Waals surface area contributed by atoms with Crippen LogP contribution in [0.15, 0.2) is 30.3 Å². The summed E-state index contributed by atoms with van der Waals surface area (Å²) in [5.41, 5.74) is 1.10. The molecular weight excluding hydrogens is 146 g/mol. The van der Waals surface area contributed by atoms with Crippen molar-refractivity contribution in [3.63, 3.8) is 0 Å². The highest BCUT2D eigenvalue weighted by Crippen LogP contribution is 2.15. The van der Waals surface area contributed by atoms with Gasteiger partial charge in [0, 0.05) is 5.75 Å². The van der Waals surface area contributed by atoms with E-state index in [1.54, 1.807) is 0 Å². The van der Waals surface area contributed by atoms with Gasteiger partial charge in [-0.3, -0.25) is 5.14 Å². The number of rotatable bonds is 2. The summed E-state index contributed by atoms with van der Waals surface area (Å²) in [5, 5.41) is 5.24. The van der Waals surface area contributed by atoms with E-state index in [1.165, 1.54) is 0 Å². The first-order valence-corrected chi connectivity index (χ1v) is 4.59. The Hall–Kier alpha value is -0.510. The fraction of sp³-hybridized carbons (Fsp3) is 0.143. The van der Waals surface area contributed by atoms with Gasteiger partial charge in [0.1, 0.15) is 0 Å². The van der Waals surface area contributed by atoms with E-state index in [-0.39, 0.29) is 0 Å². The maximum atomic E-state index is 8.85. The molecule has 0 spiro atoms. The van der Waals surface area contributed by atoms with Gasteiger partial charge in [-0.2, -0.15) is 0 Å². The van der Waals surface area contributed by atoms with Crippen LogP contribution in [-0.4, -0.2) is 4.55 Å².